The highest BCUT2D eigenvalue weighted by Crippen LogP contribution is 2.26. The minimum Gasteiger partial charge on any atom is -0.481 e. The number of fused-ring (bicyclic) bond motifs is 1. The van der Waals surface area contributed by atoms with Crippen molar-refractivity contribution in [1.29, 1.82) is 0 Å². The molecule has 4 aromatic rings. The monoisotopic (exact) mass is 505 g/mol. The Morgan fingerprint density at radius 3 is 2.36 bits per heavy atom. The van der Waals surface area contributed by atoms with Crippen molar-refractivity contribution < 1.29 is 19.1 Å². The van der Waals surface area contributed by atoms with Gasteiger partial charge in [0.2, 0.25) is 0 Å². The summed E-state index contributed by atoms with van der Waals surface area (Å²) < 4.78 is 13.5. The van der Waals surface area contributed by atoms with Crippen LogP contribution in [-0.4, -0.2) is 33.5 Å². The van der Waals surface area contributed by atoms with Crippen LogP contribution >= 0.6 is 11.6 Å². The average molecular weight is 506 g/mol. The molecule has 0 bridgehead atoms. The summed E-state index contributed by atoms with van der Waals surface area (Å²) in [5.74, 6) is -1.40. The number of carboxylic acids is 1. The number of carbonyl (C=O) groups excluding carboxylic acids is 1. The van der Waals surface area contributed by atoms with Crippen LogP contribution in [0.5, 0.6) is 0 Å². The summed E-state index contributed by atoms with van der Waals surface area (Å²) in [5, 5.41) is 12.5. The third-order valence-electron chi connectivity index (χ3n) is 5.78. The van der Waals surface area contributed by atoms with Crippen molar-refractivity contribution in [3.63, 3.8) is 0 Å². The van der Waals surface area contributed by atoms with E-state index in [0.717, 1.165) is 11.1 Å². The van der Waals surface area contributed by atoms with Crippen molar-refractivity contribution in [3.05, 3.63) is 94.4 Å². The molecule has 1 aromatic heterocycles. The molecule has 2 N–H and O–H groups in total. The molecule has 36 heavy (non-hydrogen) atoms. The fraction of sp³-hybridized carbons (Fsp3) is 0.214. The lowest BCUT2D eigenvalue weighted by Crippen LogP contribution is -2.25. The van der Waals surface area contributed by atoms with Crippen molar-refractivity contribution in [1.82, 2.24) is 15.3 Å². The molecule has 0 aliphatic carbocycles. The van der Waals surface area contributed by atoms with Gasteiger partial charge in [0.1, 0.15) is 5.82 Å². The van der Waals surface area contributed by atoms with Crippen molar-refractivity contribution in [3.8, 4) is 11.3 Å². The number of hydrogen-bond acceptors (Lipinski definition) is 4. The van der Waals surface area contributed by atoms with Crippen molar-refractivity contribution in [2.45, 2.75) is 32.1 Å². The molecular formula is C28H25ClFN3O3. The van der Waals surface area contributed by atoms with Gasteiger partial charge in [0, 0.05) is 29.1 Å². The van der Waals surface area contributed by atoms with E-state index in [2.05, 4.69) is 5.32 Å². The quantitative estimate of drug-likeness (QED) is 0.263. The van der Waals surface area contributed by atoms with Gasteiger partial charge in [0.15, 0.2) is 0 Å². The zero-order valence-electron chi connectivity index (χ0n) is 19.5. The van der Waals surface area contributed by atoms with E-state index in [9.17, 15) is 14.0 Å². The van der Waals surface area contributed by atoms with E-state index in [1.807, 2.05) is 24.3 Å². The largest absolute Gasteiger partial charge is 0.481 e. The maximum atomic E-state index is 13.5. The van der Waals surface area contributed by atoms with Gasteiger partial charge in [-0.25, -0.2) is 14.4 Å². The Balaban J connectivity index is 1.54. The molecule has 0 fully saturated rings. The van der Waals surface area contributed by atoms with Crippen LogP contribution in [0, 0.1) is 5.82 Å². The van der Waals surface area contributed by atoms with Crippen LogP contribution in [0.1, 0.15) is 40.9 Å². The zero-order chi connectivity index (χ0) is 25.5. The number of halogens is 2. The molecule has 0 radical (unpaired) electrons. The Kier molecular flexibility index (Phi) is 8.23. The predicted molar refractivity (Wildman–Crippen MR) is 138 cm³/mol. The zero-order valence-corrected chi connectivity index (χ0v) is 20.3. The number of hydrogen-bond donors (Lipinski definition) is 2. The molecule has 184 valence electrons. The molecule has 1 heterocycles. The lowest BCUT2D eigenvalue weighted by atomic mass is 10.0. The minimum atomic E-state index is -0.843. The molecule has 4 rings (SSSR count). The van der Waals surface area contributed by atoms with E-state index < -0.39 is 5.97 Å². The smallest absolute Gasteiger partial charge is 0.303 e. The summed E-state index contributed by atoms with van der Waals surface area (Å²) in [6, 6.07) is 18.7. The number of carboxylic acid groups (broad SMARTS) is 1. The molecule has 0 unspecified atom stereocenters. The second-order valence-corrected chi connectivity index (χ2v) is 8.90. The third-order valence-corrected chi connectivity index (χ3v) is 6.03. The van der Waals surface area contributed by atoms with Crippen LogP contribution in [0.2, 0.25) is 5.02 Å². The number of amides is 1. The average Bonchev–Trinajstić information content (AvgIpc) is 2.87. The van der Waals surface area contributed by atoms with Gasteiger partial charge in [-0.2, -0.15) is 0 Å². The van der Waals surface area contributed by atoms with E-state index in [1.54, 1.807) is 30.3 Å². The van der Waals surface area contributed by atoms with Crippen molar-refractivity contribution >= 4 is 34.5 Å². The number of carbonyl (C=O) groups is 2. The van der Waals surface area contributed by atoms with Gasteiger partial charge in [-0.15, -0.1) is 0 Å². The van der Waals surface area contributed by atoms with Crippen LogP contribution in [0.4, 0.5) is 4.39 Å². The Hall–Kier alpha value is -3.84. The number of unbranched alkanes of at least 4 members (excludes halogenated alkanes) is 1. The van der Waals surface area contributed by atoms with Crippen molar-refractivity contribution in [2.75, 3.05) is 6.54 Å². The van der Waals surface area contributed by atoms with Gasteiger partial charge in [0.05, 0.1) is 22.4 Å². The summed E-state index contributed by atoms with van der Waals surface area (Å²) in [6.45, 7) is 0.475. The molecule has 0 saturated carbocycles. The van der Waals surface area contributed by atoms with E-state index in [0.29, 0.717) is 65.2 Å². The Morgan fingerprint density at radius 1 is 0.889 bits per heavy atom. The maximum Gasteiger partial charge on any atom is 0.303 e. The highest BCUT2D eigenvalue weighted by atomic mass is 35.5. The van der Waals surface area contributed by atoms with Gasteiger partial charge >= 0.3 is 5.97 Å². The summed E-state index contributed by atoms with van der Waals surface area (Å²) in [7, 11) is 0. The lowest BCUT2D eigenvalue weighted by molar-refractivity contribution is -0.137. The maximum absolute atomic E-state index is 13.5. The van der Waals surface area contributed by atoms with Gasteiger partial charge < -0.3 is 10.4 Å². The van der Waals surface area contributed by atoms with E-state index in [4.69, 9.17) is 26.7 Å². The molecule has 0 atom stereocenters. The molecule has 8 heteroatoms. The third kappa shape index (κ3) is 6.64. The van der Waals surface area contributed by atoms with Gasteiger partial charge in [0.25, 0.3) is 5.91 Å². The van der Waals surface area contributed by atoms with Crippen LogP contribution in [-0.2, 0) is 17.6 Å². The molecular weight excluding hydrogens is 481 g/mol. The molecule has 0 aliphatic rings. The first-order chi connectivity index (χ1) is 17.4. The number of benzene rings is 3. The van der Waals surface area contributed by atoms with Crippen LogP contribution in [0.3, 0.4) is 0 Å². The van der Waals surface area contributed by atoms with E-state index in [1.165, 1.54) is 12.1 Å². The van der Waals surface area contributed by atoms with Gasteiger partial charge in [-0.1, -0.05) is 23.7 Å². The first-order valence-corrected chi connectivity index (χ1v) is 12.1. The van der Waals surface area contributed by atoms with Crippen LogP contribution < -0.4 is 5.32 Å². The second kappa shape index (κ2) is 11.7. The highest BCUT2D eigenvalue weighted by Gasteiger charge is 2.14. The first kappa shape index (κ1) is 25.3. The van der Waals surface area contributed by atoms with E-state index in [-0.39, 0.29) is 18.1 Å². The second-order valence-electron chi connectivity index (χ2n) is 8.46. The number of aliphatic carboxylic acids is 1. The van der Waals surface area contributed by atoms with Crippen LogP contribution in [0.15, 0.2) is 66.7 Å². The van der Waals surface area contributed by atoms with Crippen LogP contribution in [0.25, 0.3) is 22.3 Å². The molecule has 0 aliphatic heterocycles. The highest BCUT2D eigenvalue weighted by molar-refractivity contribution is 6.30. The Morgan fingerprint density at radius 2 is 1.64 bits per heavy atom. The molecule has 0 spiro atoms. The Bertz CT molecular complexity index is 1380. The minimum absolute atomic E-state index is 0.0766. The number of rotatable bonds is 10. The number of aryl methyl sites for hydroxylation is 1. The first-order valence-electron chi connectivity index (χ1n) is 11.7. The molecule has 6 nitrogen and oxygen atoms in total. The number of aromatic nitrogens is 2. The Labute approximate surface area is 213 Å². The number of nitrogens with zero attached hydrogens (tertiary/aromatic N) is 2. The topological polar surface area (TPSA) is 92.2 Å². The summed E-state index contributed by atoms with van der Waals surface area (Å²) in [4.78, 5) is 33.1. The predicted octanol–water partition coefficient (Wildman–Crippen LogP) is 5.86. The molecule has 0 saturated heterocycles. The lowest BCUT2D eigenvalue weighted by Gasteiger charge is -2.11. The standard InChI is InChI=1S/C28H25ClFN3O3/c29-21-10-5-18(6-11-21)15-16-31-28(36)20-9-14-23-25(17-20)32-24(3-1-2-4-26(34)35)27(33-23)19-7-12-22(30)13-8-19/h5-14,17H,1-4,15-16H2,(H,31,36)(H,34,35). The van der Waals surface area contributed by atoms with E-state index >= 15 is 0 Å². The van der Waals surface area contributed by atoms with Gasteiger partial charge in [-0.05, 0) is 85.8 Å². The summed E-state index contributed by atoms with van der Waals surface area (Å²) in [5.41, 5.74) is 4.76. The SMILES string of the molecule is O=C(O)CCCCc1nc2cc(C(=O)NCCc3ccc(Cl)cc3)ccc2nc1-c1ccc(F)cc1. The normalized spacial score (nSPS) is 10.9. The molecule has 1 amide bonds. The molecule has 3 aromatic carbocycles. The summed E-state index contributed by atoms with van der Waals surface area (Å²) >= 11 is 5.91. The fourth-order valence-electron chi connectivity index (χ4n) is 3.89. The van der Waals surface area contributed by atoms with Gasteiger partial charge in [-0.3, -0.25) is 9.59 Å². The van der Waals surface area contributed by atoms with Crippen molar-refractivity contribution in [2.24, 2.45) is 0 Å². The number of nitrogens with one attached hydrogen (secondary N) is 1. The summed E-state index contributed by atoms with van der Waals surface area (Å²) in [6.07, 6.45) is 2.39. The fourth-order valence-corrected chi connectivity index (χ4v) is 4.01.